The van der Waals surface area contributed by atoms with Crippen LogP contribution in [0.4, 0.5) is 5.69 Å². The number of amides is 1. The van der Waals surface area contributed by atoms with E-state index in [4.69, 9.17) is 22.1 Å². The third-order valence-corrected chi connectivity index (χ3v) is 9.32. The number of nitrogens with two attached hydrogens (primary N) is 1. The quantitative estimate of drug-likeness (QED) is 0.261. The van der Waals surface area contributed by atoms with E-state index >= 15 is 0 Å². The maximum absolute atomic E-state index is 12.4. The molecule has 210 valence electrons. The minimum Gasteiger partial charge on any atom is -0.453 e. The summed E-state index contributed by atoms with van der Waals surface area (Å²) in [6.07, 6.45) is 9.91. The van der Waals surface area contributed by atoms with Crippen molar-refractivity contribution < 1.29 is 9.53 Å². The molecule has 3 aliphatic rings. The van der Waals surface area contributed by atoms with Gasteiger partial charge < -0.3 is 20.4 Å². The predicted molar refractivity (Wildman–Crippen MR) is 164 cm³/mol. The van der Waals surface area contributed by atoms with E-state index < -0.39 is 5.91 Å². The Morgan fingerprint density at radius 3 is 2.61 bits per heavy atom. The first-order valence-electron chi connectivity index (χ1n) is 14.4. The molecule has 3 N–H and O–H groups in total. The van der Waals surface area contributed by atoms with Gasteiger partial charge >= 0.3 is 0 Å². The number of hydrogen-bond donors (Lipinski definition) is 2. The Kier molecular flexibility index (Phi) is 6.72. The summed E-state index contributed by atoms with van der Waals surface area (Å²) in [7, 11) is 0. The van der Waals surface area contributed by atoms with Crippen LogP contribution in [0.2, 0.25) is 5.02 Å². The third kappa shape index (κ3) is 5.32. The number of hydrogen-bond acceptors (Lipinski definition) is 5. The normalized spacial score (nSPS) is 18.7. The average molecular weight is 568 g/mol. The van der Waals surface area contributed by atoms with Gasteiger partial charge in [-0.2, -0.15) is 0 Å². The molecular weight excluding hydrogens is 534 g/mol. The zero-order valence-corrected chi connectivity index (χ0v) is 23.8. The number of rotatable bonds is 7. The SMILES string of the molecule is NC(=O)c1cccc(N2CCN(CC3=C(c4ccc(Cl)cc4)CC4(CC3)CC4)CC2)c1Oc1cnc2[nH]ccc2c1. The second kappa shape index (κ2) is 10.5. The van der Waals surface area contributed by atoms with Crippen LogP contribution in [-0.2, 0) is 0 Å². The van der Waals surface area contributed by atoms with Gasteiger partial charge in [-0.25, -0.2) is 4.98 Å². The first kappa shape index (κ1) is 26.1. The lowest BCUT2D eigenvalue weighted by Gasteiger charge is -2.38. The van der Waals surface area contributed by atoms with Crippen molar-refractivity contribution in [3.05, 3.63) is 88.7 Å². The van der Waals surface area contributed by atoms with E-state index in [0.717, 1.165) is 54.5 Å². The molecule has 0 atom stereocenters. The summed E-state index contributed by atoms with van der Waals surface area (Å²) in [6.45, 7) is 4.52. The van der Waals surface area contributed by atoms with Crippen LogP contribution < -0.4 is 15.4 Å². The summed E-state index contributed by atoms with van der Waals surface area (Å²) < 4.78 is 6.33. The van der Waals surface area contributed by atoms with Crippen LogP contribution in [0.3, 0.4) is 0 Å². The molecule has 1 saturated carbocycles. The number of carbonyl (C=O) groups is 1. The molecule has 2 aliphatic carbocycles. The molecule has 2 aromatic carbocycles. The standard InChI is InChI=1S/C33H34ClN5O2/c34-25-6-4-22(5-7-25)28-19-33(11-12-33)10-8-24(28)21-38-14-16-39(17-15-38)29-3-1-2-27(31(35)40)30(29)41-26-18-23-9-13-36-32(23)37-20-26/h1-7,9,13,18,20H,8,10-12,14-17,19,21H2,(H2,35,40)(H,36,37). The number of fused-ring (bicyclic) bond motifs is 1. The molecule has 1 saturated heterocycles. The summed E-state index contributed by atoms with van der Waals surface area (Å²) >= 11 is 6.21. The highest BCUT2D eigenvalue weighted by molar-refractivity contribution is 6.30. The number of allylic oxidation sites excluding steroid dienone is 1. The number of para-hydroxylation sites is 1. The van der Waals surface area contributed by atoms with Crippen LogP contribution in [0.1, 0.15) is 48.0 Å². The monoisotopic (exact) mass is 567 g/mol. The minimum absolute atomic E-state index is 0.369. The predicted octanol–water partition coefficient (Wildman–Crippen LogP) is 6.65. The molecule has 0 bridgehead atoms. The van der Waals surface area contributed by atoms with Crippen LogP contribution in [0.15, 0.2) is 72.6 Å². The van der Waals surface area contributed by atoms with Crippen LogP contribution in [0.5, 0.6) is 11.5 Å². The first-order chi connectivity index (χ1) is 20.0. The van der Waals surface area contributed by atoms with Crippen LogP contribution >= 0.6 is 11.6 Å². The third-order valence-electron chi connectivity index (χ3n) is 9.07. The van der Waals surface area contributed by atoms with Crippen molar-refractivity contribution in [2.45, 2.75) is 32.1 Å². The molecule has 0 unspecified atom stereocenters. The molecule has 1 aliphatic heterocycles. The summed E-state index contributed by atoms with van der Waals surface area (Å²) in [5, 5.41) is 1.73. The van der Waals surface area contributed by atoms with Gasteiger partial charge in [-0.1, -0.05) is 35.4 Å². The molecular formula is C33H34ClN5O2. The summed E-state index contributed by atoms with van der Waals surface area (Å²) in [5.74, 6) is 0.543. The number of aromatic amines is 1. The van der Waals surface area contributed by atoms with Gasteiger partial charge in [0.1, 0.15) is 11.4 Å². The van der Waals surface area contributed by atoms with Crippen molar-refractivity contribution >= 4 is 39.8 Å². The second-order valence-electron chi connectivity index (χ2n) is 11.7. The smallest absolute Gasteiger partial charge is 0.252 e. The van der Waals surface area contributed by atoms with Crippen LogP contribution in [-0.4, -0.2) is 53.5 Å². The molecule has 2 fully saturated rings. The van der Waals surface area contributed by atoms with Crippen molar-refractivity contribution in [3.63, 3.8) is 0 Å². The second-order valence-corrected chi connectivity index (χ2v) is 12.2. The molecule has 7 rings (SSSR count). The van der Waals surface area contributed by atoms with Gasteiger partial charge in [0.15, 0.2) is 5.75 Å². The number of carbonyl (C=O) groups excluding carboxylic acids is 1. The number of H-pyrrole nitrogens is 1. The van der Waals surface area contributed by atoms with E-state index in [2.05, 4.69) is 31.9 Å². The fraction of sp³-hybridized carbons (Fsp3) is 0.333. The van der Waals surface area contributed by atoms with Crippen molar-refractivity contribution in [1.82, 2.24) is 14.9 Å². The highest BCUT2D eigenvalue weighted by Crippen LogP contribution is 2.59. The number of nitrogens with one attached hydrogen (secondary N) is 1. The Hall–Kier alpha value is -3.81. The first-order valence-corrected chi connectivity index (χ1v) is 14.8. The number of piperazine rings is 1. The Bertz CT molecular complexity index is 1630. The van der Waals surface area contributed by atoms with E-state index in [0.29, 0.717) is 22.5 Å². The van der Waals surface area contributed by atoms with Crippen molar-refractivity contribution in [2.75, 3.05) is 37.6 Å². The van der Waals surface area contributed by atoms with E-state index in [9.17, 15) is 4.79 Å². The highest BCUT2D eigenvalue weighted by atomic mass is 35.5. The topological polar surface area (TPSA) is 87.5 Å². The van der Waals surface area contributed by atoms with Gasteiger partial charge in [-0.05, 0) is 85.1 Å². The Morgan fingerprint density at radius 1 is 1.05 bits per heavy atom. The van der Waals surface area contributed by atoms with Crippen molar-refractivity contribution in [1.29, 1.82) is 0 Å². The largest absolute Gasteiger partial charge is 0.453 e. The fourth-order valence-corrected chi connectivity index (χ4v) is 6.60. The molecule has 3 heterocycles. The number of benzene rings is 2. The number of anilines is 1. The van der Waals surface area contributed by atoms with E-state index in [1.54, 1.807) is 17.8 Å². The molecule has 41 heavy (non-hydrogen) atoms. The van der Waals surface area contributed by atoms with Gasteiger partial charge in [0.2, 0.25) is 0 Å². The molecule has 2 aromatic heterocycles. The lowest BCUT2D eigenvalue weighted by Crippen LogP contribution is -2.47. The zero-order valence-electron chi connectivity index (χ0n) is 23.0. The summed E-state index contributed by atoms with van der Waals surface area (Å²) in [6, 6.07) is 17.9. The Balaban J connectivity index is 1.10. The van der Waals surface area contributed by atoms with Gasteiger partial charge in [0.05, 0.1) is 17.4 Å². The fourth-order valence-electron chi connectivity index (χ4n) is 6.48. The number of ether oxygens (including phenoxy) is 1. The maximum Gasteiger partial charge on any atom is 0.252 e. The maximum atomic E-state index is 12.4. The molecule has 1 spiro atoms. The number of pyridine rings is 1. The van der Waals surface area contributed by atoms with Gasteiger partial charge in [0, 0.05) is 49.3 Å². The lowest BCUT2D eigenvalue weighted by molar-refractivity contribution is 0.0998. The van der Waals surface area contributed by atoms with Gasteiger partial charge in [-0.3, -0.25) is 9.69 Å². The zero-order chi connectivity index (χ0) is 28.0. The van der Waals surface area contributed by atoms with Crippen molar-refractivity contribution in [2.24, 2.45) is 11.1 Å². The van der Waals surface area contributed by atoms with E-state index in [-0.39, 0.29) is 0 Å². The Morgan fingerprint density at radius 2 is 1.85 bits per heavy atom. The molecule has 0 radical (unpaired) electrons. The lowest BCUT2D eigenvalue weighted by atomic mass is 9.78. The summed E-state index contributed by atoms with van der Waals surface area (Å²) in [4.78, 5) is 24.8. The van der Waals surface area contributed by atoms with Crippen LogP contribution in [0.25, 0.3) is 16.6 Å². The minimum atomic E-state index is -0.511. The number of primary amides is 1. The number of halogens is 1. The number of nitrogens with zero attached hydrogens (tertiary/aromatic N) is 3. The van der Waals surface area contributed by atoms with Gasteiger partial charge in [0.25, 0.3) is 5.91 Å². The van der Waals surface area contributed by atoms with E-state index in [1.807, 2.05) is 42.6 Å². The highest BCUT2D eigenvalue weighted by Gasteiger charge is 2.45. The molecule has 4 aromatic rings. The Labute approximate surface area is 244 Å². The van der Waals surface area contributed by atoms with Crippen molar-refractivity contribution in [3.8, 4) is 11.5 Å². The summed E-state index contributed by atoms with van der Waals surface area (Å²) in [5.41, 5.74) is 12.8. The average Bonchev–Trinajstić information content (AvgIpc) is 3.57. The van der Waals surface area contributed by atoms with E-state index in [1.165, 1.54) is 43.2 Å². The van der Waals surface area contributed by atoms with Crippen LogP contribution in [0, 0.1) is 5.41 Å². The molecule has 7 nitrogen and oxygen atoms in total. The number of aromatic nitrogens is 2. The molecule has 8 heteroatoms. The van der Waals surface area contributed by atoms with Gasteiger partial charge in [-0.15, -0.1) is 0 Å². The molecule has 1 amide bonds.